The highest BCUT2D eigenvalue weighted by atomic mass is 35.5. The van der Waals surface area contributed by atoms with E-state index >= 15 is 0 Å². The predicted molar refractivity (Wildman–Crippen MR) is 174 cm³/mol. The molecule has 1 atom stereocenters. The molecule has 0 saturated heterocycles. The molecule has 4 rings (SSSR count). The number of carbonyl (C=O) groups is 2. The van der Waals surface area contributed by atoms with Gasteiger partial charge >= 0.3 is 0 Å². The number of hydrogen-bond acceptors (Lipinski definition) is 7. The van der Waals surface area contributed by atoms with Crippen LogP contribution in [0.4, 0.5) is 5.69 Å². The summed E-state index contributed by atoms with van der Waals surface area (Å²) in [6.07, 6.45) is 3.85. The van der Waals surface area contributed by atoms with Gasteiger partial charge in [-0.15, -0.1) is 0 Å². The molecular weight excluding hydrogens is 618 g/mol. The molecule has 242 valence electrons. The average molecular weight is 658 g/mol. The fourth-order valence-corrected chi connectivity index (χ4v) is 7.06. The summed E-state index contributed by atoms with van der Waals surface area (Å²) in [7, 11) is -0.180. The second kappa shape index (κ2) is 14.9. The summed E-state index contributed by atoms with van der Waals surface area (Å²) in [5.41, 5.74) is 1.86. The quantitative estimate of drug-likeness (QED) is 0.264. The minimum Gasteiger partial charge on any atom is -0.495 e. The van der Waals surface area contributed by atoms with Crippen molar-refractivity contribution >= 4 is 39.1 Å². The molecule has 45 heavy (non-hydrogen) atoms. The predicted octanol–water partition coefficient (Wildman–Crippen LogP) is 5.35. The number of benzene rings is 3. The van der Waals surface area contributed by atoms with Gasteiger partial charge in [0.1, 0.15) is 18.3 Å². The lowest BCUT2D eigenvalue weighted by Crippen LogP contribution is -2.52. The molecule has 1 aliphatic rings. The zero-order valence-electron chi connectivity index (χ0n) is 26.2. The van der Waals surface area contributed by atoms with E-state index in [-0.39, 0.29) is 45.6 Å². The van der Waals surface area contributed by atoms with Crippen molar-refractivity contribution in [1.29, 1.82) is 0 Å². The second-order valence-corrected chi connectivity index (χ2v) is 13.3. The van der Waals surface area contributed by atoms with Crippen LogP contribution in [0, 0.1) is 6.92 Å². The lowest BCUT2D eigenvalue weighted by atomic mass is 10.1. The first-order chi connectivity index (χ1) is 21.5. The van der Waals surface area contributed by atoms with Crippen LogP contribution < -0.4 is 23.8 Å². The van der Waals surface area contributed by atoms with Crippen molar-refractivity contribution in [2.24, 2.45) is 0 Å². The minimum absolute atomic E-state index is 0.0496. The SMILES string of the molecule is COc1ccc(S(=O)(=O)N(CC(=O)N(Cc2cccc(C)c2)[C@@H](C)C(=O)NC2CCCC2)c2cc(Cl)ccc2OC)cc1OC. The number of nitrogens with one attached hydrogen (secondary N) is 1. The van der Waals surface area contributed by atoms with Crippen molar-refractivity contribution < 1.29 is 32.2 Å². The molecule has 12 heteroatoms. The number of carbonyl (C=O) groups excluding carboxylic acids is 2. The summed E-state index contributed by atoms with van der Waals surface area (Å²) in [6, 6.07) is 15.5. The van der Waals surface area contributed by atoms with Gasteiger partial charge < -0.3 is 24.4 Å². The zero-order valence-corrected chi connectivity index (χ0v) is 27.8. The Labute approximate surface area is 270 Å². The van der Waals surface area contributed by atoms with E-state index in [0.29, 0.717) is 5.75 Å². The maximum absolute atomic E-state index is 14.4. The fraction of sp³-hybridized carbons (Fsp3) is 0.394. The molecule has 1 fully saturated rings. The van der Waals surface area contributed by atoms with Crippen molar-refractivity contribution in [2.75, 3.05) is 32.2 Å². The van der Waals surface area contributed by atoms with Crippen LogP contribution in [0.15, 0.2) is 65.6 Å². The van der Waals surface area contributed by atoms with Crippen molar-refractivity contribution in [3.63, 3.8) is 0 Å². The highest BCUT2D eigenvalue weighted by Gasteiger charge is 2.35. The number of rotatable bonds is 13. The van der Waals surface area contributed by atoms with Gasteiger partial charge in [-0.25, -0.2) is 8.42 Å². The third-order valence-electron chi connectivity index (χ3n) is 7.94. The summed E-state index contributed by atoms with van der Waals surface area (Å²) < 4.78 is 45.8. The molecule has 0 aromatic heterocycles. The van der Waals surface area contributed by atoms with Crippen LogP contribution in [0.25, 0.3) is 0 Å². The molecule has 2 amide bonds. The number of hydrogen-bond donors (Lipinski definition) is 1. The summed E-state index contributed by atoms with van der Waals surface area (Å²) in [5, 5.41) is 3.32. The van der Waals surface area contributed by atoms with Crippen molar-refractivity contribution in [3.8, 4) is 17.2 Å². The number of sulfonamides is 1. The highest BCUT2D eigenvalue weighted by Crippen LogP contribution is 2.37. The maximum atomic E-state index is 14.4. The third kappa shape index (κ3) is 8.01. The monoisotopic (exact) mass is 657 g/mol. The lowest BCUT2D eigenvalue weighted by molar-refractivity contribution is -0.139. The zero-order chi connectivity index (χ0) is 32.7. The Balaban J connectivity index is 1.78. The number of aryl methyl sites for hydroxylation is 1. The topological polar surface area (TPSA) is 114 Å². The van der Waals surface area contributed by atoms with Crippen LogP contribution in [0.5, 0.6) is 17.2 Å². The van der Waals surface area contributed by atoms with E-state index in [1.807, 2.05) is 31.2 Å². The summed E-state index contributed by atoms with van der Waals surface area (Å²) in [4.78, 5) is 29.0. The van der Waals surface area contributed by atoms with E-state index in [1.165, 1.54) is 56.6 Å². The van der Waals surface area contributed by atoms with E-state index in [0.717, 1.165) is 41.1 Å². The molecule has 3 aromatic rings. The van der Waals surface area contributed by atoms with E-state index in [1.54, 1.807) is 13.0 Å². The highest BCUT2D eigenvalue weighted by molar-refractivity contribution is 7.92. The molecule has 0 heterocycles. The first kappa shape index (κ1) is 33.9. The minimum atomic E-state index is -4.42. The van der Waals surface area contributed by atoms with Crippen molar-refractivity contribution in [3.05, 3.63) is 76.8 Å². The summed E-state index contributed by atoms with van der Waals surface area (Å²) in [6.45, 7) is 3.05. The van der Waals surface area contributed by atoms with Gasteiger partial charge in [0, 0.05) is 23.7 Å². The van der Waals surface area contributed by atoms with Crippen LogP contribution in [0.1, 0.15) is 43.7 Å². The smallest absolute Gasteiger partial charge is 0.265 e. The van der Waals surface area contributed by atoms with Gasteiger partial charge in [0.15, 0.2) is 11.5 Å². The molecular formula is C33H40ClN3O7S. The van der Waals surface area contributed by atoms with Crippen molar-refractivity contribution in [1.82, 2.24) is 10.2 Å². The third-order valence-corrected chi connectivity index (χ3v) is 9.93. The Kier molecular flexibility index (Phi) is 11.2. The van der Waals surface area contributed by atoms with Gasteiger partial charge in [0.2, 0.25) is 11.8 Å². The largest absolute Gasteiger partial charge is 0.495 e. The summed E-state index contributed by atoms with van der Waals surface area (Å²) in [5.74, 6) is -0.158. The Morgan fingerprint density at radius 2 is 1.60 bits per heavy atom. The number of ether oxygens (including phenoxy) is 3. The van der Waals surface area contributed by atoms with E-state index < -0.39 is 28.5 Å². The number of nitrogens with zero attached hydrogens (tertiary/aromatic N) is 2. The molecule has 3 aromatic carbocycles. The van der Waals surface area contributed by atoms with Crippen molar-refractivity contribution in [2.45, 2.75) is 63.1 Å². The molecule has 1 N–H and O–H groups in total. The average Bonchev–Trinajstić information content (AvgIpc) is 3.54. The first-order valence-corrected chi connectivity index (χ1v) is 16.5. The molecule has 0 radical (unpaired) electrons. The number of halogens is 1. The number of amides is 2. The maximum Gasteiger partial charge on any atom is 0.265 e. The normalized spacial score (nSPS) is 14.0. The molecule has 10 nitrogen and oxygen atoms in total. The van der Waals surface area contributed by atoms with Crippen LogP contribution in [-0.2, 0) is 26.2 Å². The lowest BCUT2D eigenvalue weighted by Gasteiger charge is -2.33. The van der Waals surface area contributed by atoms with Gasteiger partial charge in [0.25, 0.3) is 10.0 Å². The Morgan fingerprint density at radius 1 is 0.933 bits per heavy atom. The molecule has 1 saturated carbocycles. The number of methoxy groups -OCH3 is 3. The number of anilines is 1. The van der Waals surface area contributed by atoms with E-state index in [9.17, 15) is 18.0 Å². The van der Waals surface area contributed by atoms with Gasteiger partial charge in [-0.05, 0) is 62.6 Å². The Hall–Kier alpha value is -3.96. The van der Waals surface area contributed by atoms with Crippen LogP contribution in [-0.4, -0.2) is 65.1 Å². The molecule has 0 spiro atoms. The molecule has 0 unspecified atom stereocenters. The summed E-state index contributed by atoms with van der Waals surface area (Å²) >= 11 is 6.33. The molecule has 0 bridgehead atoms. The first-order valence-electron chi connectivity index (χ1n) is 14.7. The second-order valence-electron chi connectivity index (χ2n) is 11.0. The van der Waals surface area contributed by atoms with Gasteiger partial charge in [-0.1, -0.05) is 54.3 Å². The van der Waals surface area contributed by atoms with Crippen LogP contribution in [0.2, 0.25) is 5.02 Å². The van der Waals surface area contributed by atoms with Gasteiger partial charge in [-0.3, -0.25) is 13.9 Å². The van der Waals surface area contributed by atoms with E-state index in [2.05, 4.69) is 5.32 Å². The molecule has 0 aliphatic heterocycles. The Bertz CT molecular complexity index is 1630. The fourth-order valence-electron chi connectivity index (χ4n) is 5.46. The molecule has 1 aliphatic carbocycles. The van der Waals surface area contributed by atoms with Gasteiger partial charge in [-0.2, -0.15) is 0 Å². The standard InChI is InChI=1S/C33H40ClN3O7S/c1-22-9-8-10-24(17-22)20-36(23(2)33(39)35-26-11-6-7-12-26)32(38)21-37(28-18-25(34)13-15-29(28)42-3)45(40,41)27-14-16-30(43-4)31(19-27)44-5/h8-10,13-19,23,26H,6-7,11-12,20-21H2,1-5H3,(H,35,39)/t23-/m0/s1. The van der Waals surface area contributed by atoms with E-state index in [4.69, 9.17) is 25.8 Å². The van der Waals surface area contributed by atoms with Crippen LogP contribution in [0.3, 0.4) is 0 Å². The van der Waals surface area contributed by atoms with Crippen LogP contribution >= 0.6 is 11.6 Å². The van der Waals surface area contributed by atoms with Gasteiger partial charge in [0.05, 0.1) is 31.9 Å². The Morgan fingerprint density at radius 3 is 2.24 bits per heavy atom.